The van der Waals surface area contributed by atoms with Crippen molar-refractivity contribution >= 4 is 16.2 Å². The number of alkyl halides is 3. The molecule has 2 aromatic carbocycles. The third kappa shape index (κ3) is 6.19. The molecule has 1 aromatic heterocycles. The van der Waals surface area contributed by atoms with Crippen LogP contribution in [0.1, 0.15) is 17.1 Å². The number of sulfonamides is 1. The summed E-state index contributed by atoms with van der Waals surface area (Å²) in [4.78, 5) is 1.96. The van der Waals surface area contributed by atoms with Gasteiger partial charge in [-0.3, -0.25) is 0 Å². The van der Waals surface area contributed by atoms with Crippen molar-refractivity contribution in [1.29, 1.82) is 0 Å². The Labute approximate surface area is 187 Å². The zero-order valence-electron chi connectivity index (χ0n) is 17.4. The molecule has 8 nitrogen and oxygen atoms in total. The summed E-state index contributed by atoms with van der Waals surface area (Å²) in [6.07, 6.45) is -3.34. The summed E-state index contributed by atoms with van der Waals surface area (Å²) < 4.78 is 84.0. The Hall–Kier alpha value is -3.67. The average Bonchev–Trinajstić information content (AvgIpc) is 3.24. The van der Waals surface area contributed by atoms with E-state index in [4.69, 9.17) is 18.6 Å². The van der Waals surface area contributed by atoms with Gasteiger partial charge in [0.1, 0.15) is 23.9 Å². The first kappa shape index (κ1) is 24.0. The van der Waals surface area contributed by atoms with Crippen LogP contribution in [0.4, 0.5) is 13.2 Å². The van der Waals surface area contributed by atoms with Gasteiger partial charge in [-0.25, -0.2) is 0 Å². The van der Waals surface area contributed by atoms with E-state index in [9.17, 15) is 21.6 Å². The lowest BCUT2D eigenvalue weighted by Gasteiger charge is -2.09. The highest BCUT2D eigenvalue weighted by Crippen LogP contribution is 2.31. The summed E-state index contributed by atoms with van der Waals surface area (Å²) in [5.41, 5.74) is -0.825. The van der Waals surface area contributed by atoms with Crippen LogP contribution in [0.25, 0.3) is 0 Å². The second-order valence-corrected chi connectivity index (χ2v) is 8.15. The van der Waals surface area contributed by atoms with E-state index in [1.807, 2.05) is 4.83 Å². The first-order valence-corrected chi connectivity index (χ1v) is 10.8. The number of hydrogen-bond acceptors (Lipinski definition) is 7. The van der Waals surface area contributed by atoms with E-state index in [0.717, 1.165) is 18.3 Å². The van der Waals surface area contributed by atoms with Crippen molar-refractivity contribution in [3.8, 4) is 17.2 Å². The monoisotopic (exact) mass is 484 g/mol. The minimum absolute atomic E-state index is 0.0270. The quantitative estimate of drug-likeness (QED) is 0.361. The van der Waals surface area contributed by atoms with Crippen molar-refractivity contribution in [2.45, 2.75) is 17.7 Å². The highest BCUT2D eigenvalue weighted by atomic mass is 32.2. The second-order valence-electron chi connectivity index (χ2n) is 6.49. The van der Waals surface area contributed by atoms with Gasteiger partial charge in [-0.1, -0.05) is 6.07 Å². The lowest BCUT2D eigenvalue weighted by molar-refractivity contribution is -0.137. The molecular weight excluding hydrogens is 465 g/mol. The van der Waals surface area contributed by atoms with Crippen molar-refractivity contribution < 1.29 is 40.2 Å². The van der Waals surface area contributed by atoms with Gasteiger partial charge in [0, 0.05) is 6.07 Å². The van der Waals surface area contributed by atoms with Crippen molar-refractivity contribution in [2.24, 2.45) is 5.10 Å². The standard InChI is InChI=1S/C21H19F3N2O6S/c1-29-19-9-8-18(11-20(19)30-2)33(27,28)26-25-12-16-6-7-17(32-16)13-31-15-5-3-4-14(10-15)21(22,23)24/h3-12,26H,13H2,1-2H3/b25-12-. The minimum Gasteiger partial charge on any atom is -0.493 e. The number of benzene rings is 2. The van der Waals surface area contributed by atoms with E-state index in [0.29, 0.717) is 11.5 Å². The number of hydrazone groups is 1. The number of nitrogens with one attached hydrogen (secondary N) is 1. The van der Waals surface area contributed by atoms with Crippen LogP contribution >= 0.6 is 0 Å². The fourth-order valence-electron chi connectivity index (χ4n) is 2.65. The molecule has 0 aliphatic heterocycles. The molecule has 0 aliphatic carbocycles. The Bertz CT molecular complexity index is 1240. The summed E-state index contributed by atoms with van der Waals surface area (Å²) in [5.74, 6) is 1.14. The van der Waals surface area contributed by atoms with Crippen molar-refractivity contribution in [3.63, 3.8) is 0 Å². The maximum Gasteiger partial charge on any atom is 0.416 e. The fraction of sp³-hybridized carbons (Fsp3) is 0.190. The van der Waals surface area contributed by atoms with E-state index in [1.54, 1.807) is 0 Å². The Kier molecular flexibility index (Phi) is 7.16. The van der Waals surface area contributed by atoms with Crippen LogP contribution in [0.3, 0.4) is 0 Å². The van der Waals surface area contributed by atoms with Crippen molar-refractivity contribution in [2.75, 3.05) is 14.2 Å². The first-order chi connectivity index (χ1) is 15.6. The van der Waals surface area contributed by atoms with Crippen LogP contribution in [0, 0.1) is 0 Å². The maximum atomic E-state index is 12.8. The topological polar surface area (TPSA) is 99.4 Å². The highest BCUT2D eigenvalue weighted by molar-refractivity contribution is 7.89. The van der Waals surface area contributed by atoms with Gasteiger partial charge in [0.15, 0.2) is 11.5 Å². The second kappa shape index (κ2) is 9.86. The van der Waals surface area contributed by atoms with Crippen LogP contribution in [-0.2, 0) is 22.8 Å². The summed E-state index contributed by atoms with van der Waals surface area (Å²) in [6, 6.07) is 11.5. The number of nitrogens with zero attached hydrogens (tertiary/aromatic N) is 1. The molecule has 0 radical (unpaired) electrons. The van der Waals surface area contributed by atoms with Crippen LogP contribution in [0.15, 0.2) is 69.0 Å². The zero-order valence-corrected chi connectivity index (χ0v) is 18.2. The normalized spacial score (nSPS) is 12.0. The van der Waals surface area contributed by atoms with E-state index in [2.05, 4.69) is 5.10 Å². The third-order valence-corrected chi connectivity index (χ3v) is 5.48. The number of methoxy groups -OCH3 is 2. The molecule has 0 amide bonds. The Balaban J connectivity index is 1.61. The molecule has 0 bridgehead atoms. The lowest BCUT2D eigenvalue weighted by atomic mass is 10.2. The molecule has 0 saturated heterocycles. The number of ether oxygens (including phenoxy) is 3. The molecule has 0 atom stereocenters. The molecule has 3 rings (SSSR count). The minimum atomic E-state index is -4.47. The molecular formula is C21H19F3N2O6S. The lowest BCUT2D eigenvalue weighted by Crippen LogP contribution is -2.18. The molecule has 3 aromatic rings. The highest BCUT2D eigenvalue weighted by Gasteiger charge is 2.30. The Morgan fingerprint density at radius 2 is 1.79 bits per heavy atom. The summed E-state index contributed by atoms with van der Waals surface area (Å²) in [7, 11) is -1.18. The van der Waals surface area contributed by atoms with Crippen LogP contribution in [0.2, 0.25) is 0 Å². The molecule has 176 valence electrons. The predicted octanol–water partition coefficient (Wildman–Crippen LogP) is 4.21. The molecule has 1 heterocycles. The Morgan fingerprint density at radius 3 is 2.48 bits per heavy atom. The summed E-state index contributed by atoms with van der Waals surface area (Å²) >= 11 is 0. The van der Waals surface area contributed by atoms with Crippen LogP contribution in [-0.4, -0.2) is 28.9 Å². The fourth-order valence-corrected chi connectivity index (χ4v) is 3.46. The molecule has 1 N–H and O–H groups in total. The van der Waals surface area contributed by atoms with Crippen molar-refractivity contribution in [1.82, 2.24) is 4.83 Å². The van der Waals surface area contributed by atoms with E-state index >= 15 is 0 Å². The largest absolute Gasteiger partial charge is 0.493 e. The van der Waals surface area contributed by atoms with E-state index in [-0.39, 0.29) is 28.8 Å². The molecule has 0 spiro atoms. The summed E-state index contributed by atoms with van der Waals surface area (Å²) in [6.45, 7) is -0.132. The molecule has 0 unspecified atom stereocenters. The predicted molar refractivity (Wildman–Crippen MR) is 112 cm³/mol. The molecule has 0 saturated carbocycles. The smallest absolute Gasteiger partial charge is 0.416 e. The third-order valence-electron chi connectivity index (χ3n) is 4.25. The van der Waals surface area contributed by atoms with Gasteiger partial charge in [0.2, 0.25) is 0 Å². The first-order valence-electron chi connectivity index (χ1n) is 9.28. The van der Waals surface area contributed by atoms with Crippen LogP contribution < -0.4 is 19.0 Å². The zero-order chi connectivity index (χ0) is 24.1. The van der Waals surface area contributed by atoms with Crippen LogP contribution in [0.5, 0.6) is 17.2 Å². The van der Waals surface area contributed by atoms with E-state index < -0.39 is 21.8 Å². The van der Waals surface area contributed by atoms with Gasteiger partial charge in [0.05, 0.1) is 30.9 Å². The van der Waals surface area contributed by atoms with Crippen molar-refractivity contribution in [3.05, 3.63) is 71.7 Å². The summed E-state index contributed by atoms with van der Waals surface area (Å²) in [5, 5.41) is 3.66. The van der Waals surface area contributed by atoms with Gasteiger partial charge in [-0.2, -0.15) is 31.5 Å². The average molecular weight is 484 g/mol. The van der Waals surface area contributed by atoms with Gasteiger partial charge in [-0.05, 0) is 42.5 Å². The van der Waals surface area contributed by atoms with Gasteiger partial charge in [0.25, 0.3) is 10.0 Å². The Morgan fingerprint density at radius 1 is 1.03 bits per heavy atom. The van der Waals surface area contributed by atoms with Gasteiger partial charge in [-0.15, -0.1) is 0 Å². The number of halogens is 3. The maximum absolute atomic E-state index is 12.8. The molecule has 33 heavy (non-hydrogen) atoms. The van der Waals surface area contributed by atoms with Gasteiger partial charge < -0.3 is 18.6 Å². The van der Waals surface area contributed by atoms with E-state index in [1.165, 1.54) is 56.7 Å². The van der Waals surface area contributed by atoms with Gasteiger partial charge >= 0.3 is 6.18 Å². The SMILES string of the molecule is COc1ccc(S(=O)(=O)N/N=C\c2ccc(COc3cccc(C(F)(F)F)c3)o2)cc1OC. The number of furan rings is 1. The molecule has 0 fully saturated rings. The molecule has 12 heteroatoms. The molecule has 0 aliphatic rings. The number of hydrogen-bond donors (Lipinski definition) is 1. The number of rotatable bonds is 9.